The second-order valence-corrected chi connectivity index (χ2v) is 10.6. The summed E-state index contributed by atoms with van der Waals surface area (Å²) >= 11 is 0. The second-order valence-electron chi connectivity index (χ2n) is 8.77. The molecule has 0 spiro atoms. The molecule has 1 N–H and O–H groups in total. The lowest BCUT2D eigenvalue weighted by molar-refractivity contribution is 0.303. The number of halogens is 1. The Hall–Kier alpha value is -3.80. The van der Waals surface area contributed by atoms with Gasteiger partial charge < -0.3 is 14.7 Å². The first-order valence-corrected chi connectivity index (χ1v) is 13.1. The molecule has 1 aromatic heterocycles. The number of rotatable bonds is 7. The number of anilines is 1. The zero-order valence-corrected chi connectivity index (χ0v) is 21.0. The predicted octanol–water partition coefficient (Wildman–Crippen LogP) is 3.39. The topological polar surface area (TPSA) is 101 Å². The Morgan fingerprint density at radius 1 is 1.05 bits per heavy atom. The third kappa shape index (κ3) is 5.19. The maximum Gasteiger partial charge on any atom is 0.249 e. The van der Waals surface area contributed by atoms with Crippen molar-refractivity contribution < 1.29 is 22.7 Å². The number of nitrogens with zero attached hydrogens (tertiary/aromatic N) is 5. The number of benzene rings is 3. The zero-order valence-electron chi connectivity index (χ0n) is 20.2. The number of fused-ring (bicyclic) bond motifs is 2. The van der Waals surface area contributed by atoms with Gasteiger partial charge >= 0.3 is 0 Å². The van der Waals surface area contributed by atoms with E-state index in [0.717, 1.165) is 0 Å². The van der Waals surface area contributed by atoms with Gasteiger partial charge in [0.25, 0.3) is 0 Å². The molecule has 0 atom stereocenters. The van der Waals surface area contributed by atoms with Crippen molar-refractivity contribution in [1.29, 1.82) is 0 Å². The molecule has 1 aliphatic heterocycles. The Kier molecular flexibility index (Phi) is 6.92. The molecule has 11 heteroatoms. The quantitative estimate of drug-likeness (QED) is 0.396. The summed E-state index contributed by atoms with van der Waals surface area (Å²) in [6.45, 7) is 0.441. The Labute approximate surface area is 214 Å². The van der Waals surface area contributed by atoms with Crippen LogP contribution >= 0.6 is 0 Å². The molecule has 0 unspecified atom stereocenters. The number of hydrogen-bond donors (Lipinski definition) is 1. The van der Waals surface area contributed by atoms with Gasteiger partial charge in [-0.05, 0) is 35.9 Å². The minimum absolute atomic E-state index is 0.0209. The molecule has 1 aliphatic rings. The van der Waals surface area contributed by atoms with Crippen LogP contribution in [-0.4, -0.2) is 53.0 Å². The van der Waals surface area contributed by atoms with Gasteiger partial charge in [0, 0.05) is 25.7 Å². The van der Waals surface area contributed by atoms with Crippen molar-refractivity contribution in [3.63, 3.8) is 0 Å². The lowest BCUT2D eigenvalue weighted by atomic mass is 10.2. The Morgan fingerprint density at radius 2 is 1.84 bits per heavy atom. The van der Waals surface area contributed by atoms with Crippen molar-refractivity contribution in [3.8, 4) is 11.5 Å². The van der Waals surface area contributed by atoms with Gasteiger partial charge in [0.15, 0.2) is 0 Å². The first kappa shape index (κ1) is 24.9. The summed E-state index contributed by atoms with van der Waals surface area (Å²) in [5.74, 6) is 0.417. The number of likely N-dealkylation sites (N-methyl/N-ethyl adjacent to an activating group) is 1. The standard InChI is InChI=1S/C26H26FN5O4S/c1-30(12-13-33)23-9-5-11-25-26(23)37(34,35)32(16-20-7-2-3-10-24(20)36-25)18-22-17-31(29-28-22)15-19-6-4-8-21(27)14-19/h2-11,14,17,33H,12-13,15-16,18H2,1H3. The molecule has 4 aromatic rings. The Bertz CT molecular complexity index is 1520. The smallest absolute Gasteiger partial charge is 0.249 e. The van der Waals surface area contributed by atoms with E-state index in [0.29, 0.717) is 34.8 Å². The van der Waals surface area contributed by atoms with Crippen LogP contribution in [0.4, 0.5) is 10.1 Å². The molecule has 9 nitrogen and oxygen atoms in total. The highest BCUT2D eigenvalue weighted by Gasteiger charge is 2.35. The molecule has 3 aromatic carbocycles. The fourth-order valence-electron chi connectivity index (χ4n) is 4.30. The van der Waals surface area contributed by atoms with E-state index < -0.39 is 10.0 Å². The summed E-state index contributed by atoms with van der Waals surface area (Å²) in [5.41, 5.74) is 2.29. The molecule has 0 saturated carbocycles. The van der Waals surface area contributed by atoms with Crippen LogP contribution in [-0.2, 0) is 29.7 Å². The average Bonchev–Trinajstić information content (AvgIpc) is 3.30. The van der Waals surface area contributed by atoms with Crippen LogP contribution in [0.15, 0.2) is 77.8 Å². The van der Waals surface area contributed by atoms with E-state index >= 15 is 0 Å². The van der Waals surface area contributed by atoms with Crippen LogP contribution in [0.2, 0.25) is 0 Å². The molecule has 5 rings (SSSR count). The van der Waals surface area contributed by atoms with Crippen molar-refractivity contribution in [2.75, 3.05) is 25.1 Å². The fraction of sp³-hybridized carbons (Fsp3) is 0.231. The summed E-state index contributed by atoms with van der Waals surface area (Å²) in [6.07, 6.45) is 1.66. The van der Waals surface area contributed by atoms with Crippen LogP contribution in [0.1, 0.15) is 16.8 Å². The van der Waals surface area contributed by atoms with Crippen LogP contribution in [0, 0.1) is 5.82 Å². The zero-order chi connectivity index (χ0) is 26.0. The molecule has 0 aliphatic carbocycles. The SMILES string of the molecule is CN(CCO)c1cccc2c1S(=O)(=O)N(Cc1cn(Cc3cccc(F)c3)nn1)Cc1ccccc1O2. The van der Waals surface area contributed by atoms with E-state index in [1.165, 1.54) is 16.4 Å². The Balaban J connectivity index is 1.53. The van der Waals surface area contributed by atoms with E-state index in [4.69, 9.17) is 4.74 Å². The number of hydrogen-bond acceptors (Lipinski definition) is 7. The van der Waals surface area contributed by atoms with Crippen LogP contribution in [0.5, 0.6) is 11.5 Å². The molecule has 0 amide bonds. The van der Waals surface area contributed by atoms with E-state index in [9.17, 15) is 17.9 Å². The predicted molar refractivity (Wildman–Crippen MR) is 135 cm³/mol. The molecule has 0 fully saturated rings. The van der Waals surface area contributed by atoms with E-state index in [1.807, 2.05) is 18.2 Å². The monoisotopic (exact) mass is 523 g/mol. The highest BCUT2D eigenvalue weighted by Crippen LogP contribution is 2.41. The number of aromatic nitrogens is 3. The number of sulfonamides is 1. The average molecular weight is 524 g/mol. The first-order valence-electron chi connectivity index (χ1n) is 11.7. The molecular formula is C26H26FN5O4S. The second kappa shape index (κ2) is 10.3. The molecule has 2 heterocycles. The summed E-state index contributed by atoms with van der Waals surface area (Å²) in [7, 11) is -2.36. The van der Waals surface area contributed by atoms with Gasteiger partial charge in [-0.3, -0.25) is 0 Å². The fourth-order valence-corrected chi connectivity index (χ4v) is 6.03. The van der Waals surface area contributed by atoms with Gasteiger partial charge in [-0.2, -0.15) is 4.31 Å². The minimum atomic E-state index is -4.07. The first-order chi connectivity index (χ1) is 17.8. The van der Waals surface area contributed by atoms with Crippen molar-refractivity contribution >= 4 is 15.7 Å². The van der Waals surface area contributed by atoms with Gasteiger partial charge in [-0.15, -0.1) is 5.10 Å². The third-order valence-electron chi connectivity index (χ3n) is 6.10. The highest BCUT2D eigenvalue weighted by atomic mass is 32.2. The van der Waals surface area contributed by atoms with Gasteiger partial charge in [0.2, 0.25) is 10.0 Å². The number of aliphatic hydroxyl groups is 1. The van der Waals surface area contributed by atoms with Crippen LogP contribution < -0.4 is 9.64 Å². The summed E-state index contributed by atoms with van der Waals surface area (Å²) in [5, 5.41) is 17.8. The Morgan fingerprint density at radius 3 is 2.65 bits per heavy atom. The number of aliphatic hydroxyl groups excluding tert-OH is 1. The molecule has 37 heavy (non-hydrogen) atoms. The van der Waals surface area contributed by atoms with Gasteiger partial charge in [-0.1, -0.05) is 41.6 Å². The van der Waals surface area contributed by atoms with Gasteiger partial charge in [-0.25, -0.2) is 17.5 Å². The van der Waals surface area contributed by atoms with Gasteiger partial charge in [0.05, 0.1) is 37.3 Å². The van der Waals surface area contributed by atoms with Crippen molar-refractivity contribution in [1.82, 2.24) is 19.3 Å². The van der Waals surface area contributed by atoms with E-state index in [-0.39, 0.29) is 42.7 Å². The van der Waals surface area contributed by atoms with Crippen molar-refractivity contribution in [3.05, 3.63) is 95.6 Å². The lowest BCUT2D eigenvalue weighted by Crippen LogP contribution is -2.33. The minimum Gasteiger partial charge on any atom is -0.456 e. The number of ether oxygens (including phenoxy) is 1. The van der Waals surface area contributed by atoms with E-state index in [2.05, 4.69) is 10.3 Å². The highest BCUT2D eigenvalue weighted by molar-refractivity contribution is 7.89. The molecule has 0 bridgehead atoms. The lowest BCUT2D eigenvalue weighted by Gasteiger charge is -2.30. The summed E-state index contributed by atoms with van der Waals surface area (Å²) in [6, 6.07) is 18.5. The number of para-hydroxylation sites is 1. The molecule has 0 saturated heterocycles. The van der Waals surface area contributed by atoms with E-state index in [1.54, 1.807) is 59.2 Å². The van der Waals surface area contributed by atoms with Crippen LogP contribution in [0.25, 0.3) is 0 Å². The molecular weight excluding hydrogens is 497 g/mol. The van der Waals surface area contributed by atoms with Crippen LogP contribution in [0.3, 0.4) is 0 Å². The maximum atomic E-state index is 14.1. The largest absolute Gasteiger partial charge is 0.456 e. The molecule has 192 valence electrons. The normalized spacial score (nSPS) is 14.7. The molecule has 0 radical (unpaired) electrons. The summed E-state index contributed by atoms with van der Waals surface area (Å²) < 4.78 is 50.8. The van der Waals surface area contributed by atoms with Crippen molar-refractivity contribution in [2.45, 2.75) is 24.5 Å². The summed E-state index contributed by atoms with van der Waals surface area (Å²) in [4.78, 5) is 1.70. The maximum absolute atomic E-state index is 14.1. The van der Waals surface area contributed by atoms with Crippen molar-refractivity contribution in [2.24, 2.45) is 0 Å². The third-order valence-corrected chi connectivity index (χ3v) is 7.96. The van der Waals surface area contributed by atoms with Gasteiger partial charge in [0.1, 0.15) is 22.2 Å².